The number of benzene rings is 2. The van der Waals surface area contributed by atoms with Crippen molar-refractivity contribution >= 4 is 63.8 Å². The molecule has 0 aromatic heterocycles. The molecule has 0 unspecified atom stereocenters. The highest BCUT2D eigenvalue weighted by Gasteiger charge is 2.54. The van der Waals surface area contributed by atoms with Crippen LogP contribution in [-0.4, -0.2) is 80.1 Å². The van der Waals surface area contributed by atoms with E-state index in [0.29, 0.717) is 39.8 Å². The van der Waals surface area contributed by atoms with Crippen molar-refractivity contribution < 1.29 is 19.2 Å². The molecule has 4 amide bonds. The van der Waals surface area contributed by atoms with Crippen LogP contribution in [0.2, 0.25) is 10.0 Å². The molecule has 0 bridgehead atoms. The highest BCUT2D eigenvalue weighted by Crippen LogP contribution is 2.56. The summed E-state index contributed by atoms with van der Waals surface area (Å²) in [5, 5.41) is 1.90. The fraction of sp³-hybridized carbons (Fsp3) is 0.441. The van der Waals surface area contributed by atoms with Crippen molar-refractivity contribution in [1.82, 2.24) is 19.6 Å². The van der Waals surface area contributed by atoms with Crippen molar-refractivity contribution in [3.8, 4) is 0 Å². The molecule has 12 heteroatoms. The van der Waals surface area contributed by atoms with E-state index < -0.39 is 17.5 Å². The lowest BCUT2D eigenvalue weighted by molar-refractivity contribution is -0.151. The van der Waals surface area contributed by atoms with E-state index in [0.717, 1.165) is 16.8 Å². The summed E-state index contributed by atoms with van der Waals surface area (Å²) in [7, 11) is 0. The number of likely N-dealkylation sites (tertiary alicyclic amines) is 1. The first-order valence-corrected chi connectivity index (χ1v) is 17.1. The summed E-state index contributed by atoms with van der Waals surface area (Å²) in [6, 6.07) is 14.0. The Morgan fingerprint density at radius 2 is 1.63 bits per heavy atom. The molecule has 2 fully saturated rings. The molecule has 46 heavy (non-hydrogen) atoms. The smallest absolute Gasteiger partial charge is 0.269 e. The number of rotatable bonds is 5. The van der Waals surface area contributed by atoms with Crippen LogP contribution in [0.4, 0.5) is 0 Å². The maximum Gasteiger partial charge on any atom is 0.269 e. The van der Waals surface area contributed by atoms with Gasteiger partial charge in [0.15, 0.2) is 5.17 Å². The number of carbonyl (C=O) groups is 4. The number of amides is 4. The minimum Gasteiger partial charge on any atom is -0.337 e. The van der Waals surface area contributed by atoms with Gasteiger partial charge in [0.2, 0.25) is 17.7 Å². The molecule has 2 saturated heterocycles. The molecular formula is C34H37Cl2N5O4S. The van der Waals surface area contributed by atoms with Crippen LogP contribution in [0, 0.1) is 5.92 Å². The molecule has 2 aromatic rings. The third kappa shape index (κ3) is 5.52. The van der Waals surface area contributed by atoms with Crippen LogP contribution in [0.3, 0.4) is 0 Å². The second kappa shape index (κ2) is 12.4. The molecule has 0 saturated carbocycles. The first-order valence-electron chi connectivity index (χ1n) is 15.6. The first-order chi connectivity index (χ1) is 21.8. The van der Waals surface area contributed by atoms with Crippen LogP contribution in [-0.2, 0) is 24.7 Å². The third-order valence-electron chi connectivity index (χ3n) is 9.43. The maximum atomic E-state index is 14.5. The predicted molar refractivity (Wildman–Crippen MR) is 180 cm³/mol. The lowest BCUT2D eigenvalue weighted by Gasteiger charge is -2.41. The molecule has 4 atom stereocenters. The molecule has 9 nitrogen and oxygen atoms in total. The lowest BCUT2D eigenvalue weighted by atomic mass is 9.81. The van der Waals surface area contributed by atoms with Gasteiger partial charge in [-0.2, -0.15) is 0 Å². The molecule has 6 rings (SSSR count). The van der Waals surface area contributed by atoms with Crippen LogP contribution < -0.4 is 0 Å². The van der Waals surface area contributed by atoms with E-state index in [-0.39, 0.29) is 48.6 Å². The van der Waals surface area contributed by atoms with Gasteiger partial charge in [-0.15, -0.1) is 0 Å². The monoisotopic (exact) mass is 681 g/mol. The van der Waals surface area contributed by atoms with Crippen molar-refractivity contribution in [3.05, 3.63) is 80.3 Å². The van der Waals surface area contributed by atoms with Crippen molar-refractivity contribution in [3.63, 3.8) is 0 Å². The zero-order valence-corrected chi connectivity index (χ0v) is 28.8. The highest BCUT2D eigenvalue weighted by molar-refractivity contribution is 8.18. The maximum absolute atomic E-state index is 14.5. The summed E-state index contributed by atoms with van der Waals surface area (Å²) in [4.78, 5) is 66.0. The Morgan fingerprint density at radius 3 is 2.22 bits per heavy atom. The number of hydrogen-bond donors (Lipinski definition) is 0. The van der Waals surface area contributed by atoms with Gasteiger partial charge in [-0.25, -0.2) is 4.99 Å². The lowest BCUT2D eigenvalue weighted by Crippen LogP contribution is -2.58. The van der Waals surface area contributed by atoms with Crippen molar-refractivity contribution in [2.75, 3.05) is 19.6 Å². The number of allylic oxidation sites excluding steroid dienone is 1. The minimum atomic E-state index is -0.888. The Hall–Kier alpha value is -3.34. The Kier molecular flexibility index (Phi) is 8.76. The number of piperazine rings is 1. The van der Waals surface area contributed by atoms with E-state index in [9.17, 15) is 19.2 Å². The van der Waals surface area contributed by atoms with Crippen LogP contribution in [0.5, 0.6) is 0 Å². The quantitative estimate of drug-likeness (QED) is 0.369. The summed E-state index contributed by atoms with van der Waals surface area (Å²) in [5.74, 6) is -1.22. The highest BCUT2D eigenvalue weighted by atomic mass is 35.5. The van der Waals surface area contributed by atoms with Crippen molar-refractivity contribution in [2.24, 2.45) is 10.9 Å². The number of hydrogen-bond acceptors (Lipinski definition) is 7. The minimum absolute atomic E-state index is 0.0358. The largest absolute Gasteiger partial charge is 0.337 e. The van der Waals surface area contributed by atoms with Gasteiger partial charge in [0.05, 0.1) is 6.04 Å². The van der Waals surface area contributed by atoms with Gasteiger partial charge in [0.25, 0.3) is 5.91 Å². The van der Waals surface area contributed by atoms with E-state index in [1.165, 1.54) is 23.6 Å². The van der Waals surface area contributed by atoms with Gasteiger partial charge in [-0.1, -0.05) is 61.3 Å². The number of nitrogens with zero attached hydrogens (tertiary/aromatic N) is 5. The Labute approximate surface area is 283 Å². The zero-order chi connectivity index (χ0) is 33.1. The molecule has 0 radical (unpaired) electrons. The molecule has 4 heterocycles. The van der Waals surface area contributed by atoms with Crippen LogP contribution >= 0.6 is 35.0 Å². The number of thioether (sulfide) groups is 1. The average Bonchev–Trinajstić information content (AvgIpc) is 3.66. The molecule has 242 valence electrons. The zero-order valence-electron chi connectivity index (χ0n) is 26.5. The van der Waals surface area contributed by atoms with Gasteiger partial charge in [0, 0.05) is 54.8 Å². The van der Waals surface area contributed by atoms with E-state index in [1.807, 2.05) is 69.3 Å². The van der Waals surface area contributed by atoms with Gasteiger partial charge in [0.1, 0.15) is 16.5 Å². The topological polar surface area (TPSA) is 93.6 Å². The summed E-state index contributed by atoms with van der Waals surface area (Å²) >= 11 is 13.8. The SMILES string of the molecule is CC(=O)N1CCN(C(=O)[C@@H]2CCC(=O)N2C(=O)C2=C(C(C)C)N3C(=N[C@@](C)(c4ccc(Cl)cc4)[C@H]3c3ccc(Cl)cc3)S2)C[C@H]1C. The first kappa shape index (κ1) is 32.6. The van der Waals surface area contributed by atoms with Crippen molar-refractivity contribution in [2.45, 2.75) is 71.1 Å². The standard InChI is InChI=1S/C34H37Cl2N5O4S/c1-19(2)28-29(32(45)40-26(14-15-27(40)43)31(44)38-16-17-39(21(4)42)20(3)18-38)46-33-37-34(5,23-8-12-25(36)13-9-23)30(41(28)33)22-6-10-24(35)11-7-22/h6-13,19-20,26,30H,14-18H2,1-5H3/t20-,26+,30-,34+/m1/s1. The van der Waals surface area contributed by atoms with Crippen LogP contribution in [0.1, 0.15) is 64.6 Å². The predicted octanol–water partition coefficient (Wildman–Crippen LogP) is 5.83. The van der Waals surface area contributed by atoms with Crippen LogP contribution in [0.15, 0.2) is 64.1 Å². The number of carbonyl (C=O) groups excluding carboxylic acids is 4. The van der Waals surface area contributed by atoms with Crippen LogP contribution in [0.25, 0.3) is 0 Å². The van der Waals surface area contributed by atoms with Gasteiger partial charge >= 0.3 is 0 Å². The fourth-order valence-corrected chi connectivity index (χ4v) is 8.78. The second-order valence-electron chi connectivity index (χ2n) is 12.8. The molecule has 0 spiro atoms. The molecule has 4 aliphatic rings. The summed E-state index contributed by atoms with van der Waals surface area (Å²) < 4.78 is 0. The average molecular weight is 683 g/mol. The summed E-state index contributed by atoms with van der Waals surface area (Å²) in [6.07, 6.45) is 0.388. The number of amidine groups is 1. The number of fused-ring (bicyclic) bond motifs is 1. The Bertz CT molecular complexity index is 1660. The molecule has 4 aliphatic heterocycles. The Morgan fingerprint density at radius 1 is 1.00 bits per heavy atom. The number of aliphatic imine (C=N–C) groups is 1. The third-order valence-corrected chi connectivity index (χ3v) is 11.0. The number of imide groups is 1. The molecule has 0 N–H and O–H groups in total. The Balaban J connectivity index is 1.36. The van der Waals surface area contributed by atoms with E-state index in [4.69, 9.17) is 28.2 Å². The normalized spacial score (nSPS) is 26.3. The fourth-order valence-electron chi connectivity index (χ4n) is 7.18. The molecule has 0 aliphatic carbocycles. The van der Waals surface area contributed by atoms with Gasteiger partial charge in [-0.05, 0) is 73.3 Å². The molecular weight excluding hydrogens is 645 g/mol. The van der Waals surface area contributed by atoms with Gasteiger partial charge in [-0.3, -0.25) is 24.1 Å². The van der Waals surface area contributed by atoms with Gasteiger partial charge < -0.3 is 14.7 Å². The number of halogens is 2. The van der Waals surface area contributed by atoms with E-state index in [1.54, 1.807) is 9.80 Å². The summed E-state index contributed by atoms with van der Waals surface area (Å²) in [5.41, 5.74) is 1.98. The van der Waals surface area contributed by atoms with Crippen molar-refractivity contribution in [1.29, 1.82) is 0 Å². The van der Waals surface area contributed by atoms with E-state index in [2.05, 4.69) is 11.8 Å². The second-order valence-corrected chi connectivity index (χ2v) is 14.7. The molecule has 2 aromatic carbocycles. The van der Waals surface area contributed by atoms with E-state index >= 15 is 0 Å². The summed E-state index contributed by atoms with van der Waals surface area (Å²) in [6.45, 7) is 10.7.